The minimum Gasteiger partial charge on any atom is -0.508 e. The molecular formula is C56H58O29. The molecule has 4 aliphatic heterocycles. The second-order valence-corrected chi connectivity index (χ2v) is 19.3. The van der Waals surface area contributed by atoms with Crippen LogP contribution >= 0.6 is 0 Å². The summed E-state index contributed by atoms with van der Waals surface area (Å²) in [6, 6.07) is 16.6. The zero-order chi connectivity index (χ0) is 61.4. The molecule has 29 heteroatoms. The number of carboxylic acids is 1. The molecule has 85 heavy (non-hydrogen) atoms. The van der Waals surface area contributed by atoms with E-state index in [4.69, 9.17) is 61.6 Å². The van der Waals surface area contributed by atoms with Crippen molar-refractivity contribution >= 4 is 36.0 Å². The Balaban J connectivity index is 1.12. The number of ether oxygens (including phenoxy) is 11. The highest BCUT2D eigenvalue weighted by molar-refractivity contribution is 5.90. The molecule has 0 saturated carbocycles. The van der Waals surface area contributed by atoms with E-state index in [0.29, 0.717) is 11.1 Å². The van der Waals surface area contributed by atoms with E-state index in [1.54, 1.807) is 0 Å². The van der Waals surface area contributed by atoms with Crippen molar-refractivity contribution in [1.29, 1.82) is 0 Å². The summed E-state index contributed by atoms with van der Waals surface area (Å²) < 4.78 is 68.0. The number of methoxy groups -OCH3 is 2. The number of rotatable bonds is 21. The first-order chi connectivity index (χ1) is 40.5. The second kappa shape index (κ2) is 27.5. The predicted molar refractivity (Wildman–Crippen MR) is 281 cm³/mol. The number of aliphatic carboxylic acids is 1. The quantitative estimate of drug-likeness (QED) is 0.0187. The van der Waals surface area contributed by atoms with Gasteiger partial charge in [-0.15, -0.1) is 0 Å². The van der Waals surface area contributed by atoms with Gasteiger partial charge in [0, 0.05) is 29.8 Å². The molecule has 29 nitrogen and oxygen atoms in total. The monoisotopic (exact) mass is 1190 g/mol. The van der Waals surface area contributed by atoms with Gasteiger partial charge in [-0.1, -0.05) is 12.1 Å². The van der Waals surface area contributed by atoms with E-state index in [1.165, 1.54) is 93.1 Å². The maximum atomic E-state index is 13.3. The molecule has 3 aromatic carbocycles. The Bertz CT molecular complexity index is 3250. The summed E-state index contributed by atoms with van der Waals surface area (Å²) in [5.41, 5.74) is -0.0485. The van der Waals surface area contributed by atoms with Crippen LogP contribution in [0.5, 0.6) is 40.2 Å². The third kappa shape index (κ3) is 15.1. The lowest BCUT2D eigenvalue weighted by Gasteiger charge is -2.46. The van der Waals surface area contributed by atoms with Gasteiger partial charge in [0.2, 0.25) is 12.6 Å². The molecule has 12 N–H and O–H groups in total. The molecule has 456 valence electrons. The standard InChI is InChI=1S/C56H58O29/c1-74-34-15-24(3-11-30(34)59)5-13-41(63)76-21-37-44(66)48(70)51(73)55(83-37)85-53-49(71)46(68)39(22-77-42(64)14-6-25-4-12-31(60)35(16-25)75-2)84-56(53)81-36-19-29-32(79-52(36)26-7-9-27(57)10-8-26)17-28(58)18-33(29)80-54-50(72)47(69)45(67)38(82-54)23-78-43(65)20-40(61)62/h3-19,37-39,44-51,53-57,59-60,66-73H,20-23H2,1-2H3,(H,61,62)/t37-,38-,39-,44-,45-,46-,47+,48+,49+,50-,51-,53-,54-,55+,56-/m1/s1. The van der Waals surface area contributed by atoms with E-state index in [-0.39, 0.29) is 51.4 Å². The van der Waals surface area contributed by atoms with Crippen LogP contribution in [0.25, 0.3) is 34.8 Å². The molecule has 0 bridgehead atoms. The Morgan fingerprint density at radius 1 is 0.529 bits per heavy atom. The summed E-state index contributed by atoms with van der Waals surface area (Å²) in [4.78, 5) is 62.3. The van der Waals surface area contributed by atoms with Gasteiger partial charge in [-0.2, -0.15) is 0 Å². The molecule has 3 saturated heterocycles. The van der Waals surface area contributed by atoms with Crippen LogP contribution in [0.15, 0.2) is 100 Å². The van der Waals surface area contributed by atoms with Crippen molar-refractivity contribution in [3.05, 3.63) is 112 Å². The van der Waals surface area contributed by atoms with Crippen molar-refractivity contribution in [1.82, 2.24) is 0 Å². The number of aliphatic hydroxyl groups excluding tert-OH is 8. The molecule has 0 aromatic heterocycles. The zero-order valence-electron chi connectivity index (χ0n) is 44.6. The number of aliphatic hydroxyl groups is 8. The maximum absolute atomic E-state index is 13.3. The van der Waals surface area contributed by atoms with Crippen LogP contribution < -0.4 is 24.4 Å². The number of benzene rings is 4. The summed E-state index contributed by atoms with van der Waals surface area (Å²) in [7, 11) is 2.63. The van der Waals surface area contributed by atoms with Gasteiger partial charge >= 0.3 is 23.9 Å². The third-order valence-corrected chi connectivity index (χ3v) is 13.4. The number of hydrogen-bond acceptors (Lipinski definition) is 28. The van der Waals surface area contributed by atoms with Crippen LogP contribution in [0.4, 0.5) is 0 Å². The highest BCUT2D eigenvalue weighted by Crippen LogP contribution is 2.44. The molecule has 3 aromatic rings. The van der Waals surface area contributed by atoms with Gasteiger partial charge in [0.05, 0.1) is 19.8 Å². The smallest absolute Gasteiger partial charge is 0.330 e. The number of esters is 3. The number of phenols is 3. The van der Waals surface area contributed by atoms with Crippen LogP contribution in [0.1, 0.15) is 17.5 Å². The average Bonchev–Trinajstić information content (AvgIpc) is 1.23. The summed E-state index contributed by atoms with van der Waals surface area (Å²) in [5, 5.41) is 129. The van der Waals surface area contributed by atoms with Crippen LogP contribution in [-0.4, -0.2) is 211 Å². The molecule has 5 aliphatic rings. The fraction of sp³-hybridized carbons (Fsp3) is 0.375. The first kappa shape index (κ1) is 62.6. The Hall–Kier alpha value is -8.43. The SMILES string of the molecule is COc1cc(C=CC(=O)OC[C@H]2O[C@@H](O[C@H]3[C@H](Oc4cc5c(O[C@@H]6O[C@H](COC(=O)CC(=O)O)[C@@H](O)[C@H](O)[C@H]6O)cc(=O)cc-5oc4-c4ccc(O)cc4)O[C@H](COC(=O)C=Cc4ccc(O)c(OC)c4)[C@@H](O)[C@@H]3O)[C@H](O)[C@@H](O)[C@@H]2O)ccc1O. The number of carbonyl (C=O) groups is 4. The number of carbonyl (C=O) groups excluding carboxylic acids is 3. The topological polar surface area (TPSA) is 443 Å². The van der Waals surface area contributed by atoms with Crippen molar-refractivity contribution in [2.24, 2.45) is 0 Å². The van der Waals surface area contributed by atoms with Gasteiger partial charge in [0.15, 0.2) is 52.3 Å². The molecule has 0 spiro atoms. The lowest BCUT2D eigenvalue weighted by molar-refractivity contribution is -0.358. The van der Waals surface area contributed by atoms with Crippen molar-refractivity contribution in [2.75, 3.05) is 34.0 Å². The Morgan fingerprint density at radius 3 is 1.56 bits per heavy atom. The Kier molecular flexibility index (Phi) is 20.3. The maximum Gasteiger partial charge on any atom is 0.330 e. The van der Waals surface area contributed by atoms with E-state index in [9.17, 15) is 80.1 Å². The van der Waals surface area contributed by atoms with E-state index >= 15 is 0 Å². The van der Waals surface area contributed by atoms with Gasteiger partial charge in [0.25, 0.3) is 0 Å². The molecule has 8 rings (SSSR count). The summed E-state index contributed by atoms with van der Waals surface area (Å²) in [6.07, 6.45) is -26.1. The summed E-state index contributed by atoms with van der Waals surface area (Å²) >= 11 is 0. The van der Waals surface area contributed by atoms with Crippen molar-refractivity contribution in [2.45, 2.75) is 98.5 Å². The highest BCUT2D eigenvalue weighted by atomic mass is 16.8. The molecule has 0 unspecified atom stereocenters. The van der Waals surface area contributed by atoms with Crippen LogP contribution in [-0.2, 0) is 52.3 Å². The van der Waals surface area contributed by atoms with Crippen LogP contribution in [0, 0.1) is 0 Å². The number of hydrogen-bond donors (Lipinski definition) is 12. The minimum atomic E-state index is -2.18. The lowest BCUT2D eigenvalue weighted by Crippen LogP contribution is -2.65. The number of phenolic OH excluding ortho intramolecular Hbond substituents is 3. The van der Waals surface area contributed by atoms with Gasteiger partial charge in [0.1, 0.15) is 111 Å². The number of fused-ring (bicyclic) bond motifs is 1. The average molecular weight is 1200 g/mol. The molecule has 1 aliphatic carbocycles. The van der Waals surface area contributed by atoms with Crippen molar-refractivity contribution in [3.63, 3.8) is 0 Å². The van der Waals surface area contributed by atoms with Gasteiger partial charge in [-0.25, -0.2) is 9.59 Å². The Labute approximate surface area is 479 Å². The molecule has 4 heterocycles. The highest BCUT2D eigenvalue weighted by Gasteiger charge is 2.53. The van der Waals surface area contributed by atoms with Gasteiger partial charge in [-0.3, -0.25) is 14.4 Å². The minimum absolute atomic E-state index is 0.0929. The molecule has 3 fully saturated rings. The van der Waals surface area contributed by atoms with Crippen molar-refractivity contribution in [3.8, 4) is 62.9 Å². The first-order valence-electron chi connectivity index (χ1n) is 25.6. The number of aromatic hydroxyl groups is 3. The van der Waals surface area contributed by atoms with Gasteiger partial charge in [-0.05, 0) is 77.9 Å². The van der Waals surface area contributed by atoms with Crippen LogP contribution in [0.3, 0.4) is 0 Å². The molecular weight excluding hydrogens is 1140 g/mol. The normalized spacial score (nSPS) is 27.7. The van der Waals surface area contributed by atoms with E-state index in [0.717, 1.165) is 24.3 Å². The third-order valence-electron chi connectivity index (χ3n) is 13.4. The molecule has 15 atom stereocenters. The zero-order valence-corrected chi connectivity index (χ0v) is 44.6. The Morgan fingerprint density at radius 2 is 1.02 bits per heavy atom. The lowest BCUT2D eigenvalue weighted by atomic mass is 9.97. The van der Waals surface area contributed by atoms with Crippen molar-refractivity contribution < 1.29 is 137 Å². The van der Waals surface area contributed by atoms with E-state index < -0.39 is 159 Å². The fourth-order valence-electron chi connectivity index (χ4n) is 8.86. The molecule has 0 amide bonds. The largest absolute Gasteiger partial charge is 0.508 e. The van der Waals surface area contributed by atoms with E-state index in [2.05, 4.69) is 0 Å². The van der Waals surface area contributed by atoms with E-state index in [1.807, 2.05) is 0 Å². The second-order valence-electron chi connectivity index (χ2n) is 19.3. The molecule has 0 radical (unpaired) electrons. The van der Waals surface area contributed by atoms with Crippen LogP contribution in [0.2, 0.25) is 0 Å². The first-order valence-corrected chi connectivity index (χ1v) is 25.6. The van der Waals surface area contributed by atoms with Gasteiger partial charge < -0.3 is 118 Å². The summed E-state index contributed by atoms with van der Waals surface area (Å²) in [5.74, 6) is -6.54. The number of carboxylic acid groups (broad SMARTS) is 1. The summed E-state index contributed by atoms with van der Waals surface area (Å²) in [6.45, 7) is -2.44. The predicted octanol–water partition coefficient (Wildman–Crippen LogP) is -0.719. The fourth-order valence-corrected chi connectivity index (χ4v) is 8.86.